The van der Waals surface area contributed by atoms with Crippen molar-refractivity contribution in [3.63, 3.8) is 0 Å². The van der Waals surface area contributed by atoms with Gasteiger partial charge >= 0.3 is 0 Å². The number of aliphatic hydroxyl groups excluding tert-OH is 1. The first-order valence-electron chi connectivity index (χ1n) is 5.37. The highest BCUT2D eigenvalue weighted by molar-refractivity contribution is 7.99. The fraction of sp³-hybridized carbons (Fsp3) is 0.600. The summed E-state index contributed by atoms with van der Waals surface area (Å²) in [5.41, 5.74) is 5.24. The van der Waals surface area contributed by atoms with Crippen LogP contribution in [0.15, 0.2) is 16.0 Å². The maximum atomic E-state index is 11.2. The highest BCUT2D eigenvalue weighted by Gasteiger charge is 2.24. The van der Waals surface area contributed by atoms with Crippen molar-refractivity contribution in [3.8, 4) is 0 Å². The third-order valence-corrected chi connectivity index (χ3v) is 3.94. The van der Waals surface area contributed by atoms with E-state index in [2.05, 4.69) is 9.97 Å². The zero-order valence-corrected chi connectivity index (χ0v) is 9.67. The molecule has 0 aromatic carbocycles. The molecule has 0 bridgehead atoms. The molecule has 5 nitrogen and oxygen atoms in total. The van der Waals surface area contributed by atoms with Crippen molar-refractivity contribution in [2.24, 2.45) is 0 Å². The zero-order valence-electron chi connectivity index (χ0n) is 8.85. The number of nitrogens with one attached hydrogen (secondary N) is 1. The summed E-state index contributed by atoms with van der Waals surface area (Å²) >= 11 is 1.40. The molecule has 1 aromatic rings. The van der Waals surface area contributed by atoms with E-state index in [0.717, 1.165) is 25.7 Å². The van der Waals surface area contributed by atoms with Crippen LogP contribution in [0.1, 0.15) is 25.7 Å². The van der Waals surface area contributed by atoms with Crippen LogP contribution in [0.5, 0.6) is 0 Å². The standard InChI is InChI=1S/C10H15N3O2S/c11-8-5-9(15)13-10(12-8)16-7-4-2-1-3-6(7)14/h5-7,14H,1-4H2,(H3,11,12,13,15)/t6-,7-/m0/s1. The number of aromatic nitrogens is 2. The van der Waals surface area contributed by atoms with E-state index in [0.29, 0.717) is 5.16 Å². The Hall–Kier alpha value is -1.01. The summed E-state index contributed by atoms with van der Waals surface area (Å²) in [5.74, 6) is 0.219. The Morgan fingerprint density at radius 2 is 2.25 bits per heavy atom. The van der Waals surface area contributed by atoms with Gasteiger partial charge in [-0.3, -0.25) is 4.79 Å². The van der Waals surface area contributed by atoms with Gasteiger partial charge in [0.1, 0.15) is 5.82 Å². The smallest absolute Gasteiger partial charge is 0.253 e. The average Bonchev–Trinajstić information content (AvgIpc) is 2.20. The lowest BCUT2D eigenvalue weighted by Gasteiger charge is -2.26. The second-order valence-electron chi connectivity index (χ2n) is 3.98. The van der Waals surface area contributed by atoms with Gasteiger partial charge in [-0.15, -0.1) is 0 Å². The van der Waals surface area contributed by atoms with Crippen LogP contribution in [-0.4, -0.2) is 26.4 Å². The summed E-state index contributed by atoms with van der Waals surface area (Å²) in [6, 6.07) is 1.25. The van der Waals surface area contributed by atoms with Crippen molar-refractivity contribution in [1.29, 1.82) is 0 Å². The molecule has 2 rings (SSSR count). The number of rotatable bonds is 2. The molecule has 0 unspecified atom stereocenters. The maximum absolute atomic E-state index is 11.2. The number of hydrogen-bond donors (Lipinski definition) is 3. The Morgan fingerprint density at radius 3 is 2.94 bits per heavy atom. The molecule has 0 amide bonds. The quantitative estimate of drug-likeness (QED) is 0.664. The first-order chi connectivity index (χ1) is 7.65. The first-order valence-corrected chi connectivity index (χ1v) is 6.24. The fourth-order valence-electron chi connectivity index (χ4n) is 1.87. The van der Waals surface area contributed by atoms with Gasteiger partial charge in [0.15, 0.2) is 5.16 Å². The van der Waals surface area contributed by atoms with Crippen molar-refractivity contribution in [3.05, 3.63) is 16.4 Å². The van der Waals surface area contributed by atoms with Crippen LogP contribution in [0.25, 0.3) is 0 Å². The van der Waals surface area contributed by atoms with Gasteiger partial charge in [-0.25, -0.2) is 4.98 Å². The van der Waals surface area contributed by atoms with Crippen molar-refractivity contribution in [2.75, 3.05) is 5.73 Å². The molecule has 16 heavy (non-hydrogen) atoms. The molecule has 2 atom stereocenters. The second-order valence-corrected chi connectivity index (χ2v) is 5.21. The number of thioether (sulfide) groups is 1. The van der Waals surface area contributed by atoms with E-state index in [1.54, 1.807) is 0 Å². The van der Waals surface area contributed by atoms with Gasteiger partial charge in [0, 0.05) is 11.3 Å². The Morgan fingerprint density at radius 1 is 1.50 bits per heavy atom. The minimum atomic E-state index is -0.314. The number of nitrogen functional groups attached to an aromatic ring is 1. The number of aliphatic hydroxyl groups is 1. The molecule has 4 N–H and O–H groups in total. The molecule has 0 aliphatic heterocycles. The third-order valence-electron chi connectivity index (χ3n) is 2.67. The van der Waals surface area contributed by atoms with Crippen LogP contribution in [-0.2, 0) is 0 Å². The van der Waals surface area contributed by atoms with E-state index in [1.165, 1.54) is 17.8 Å². The molecule has 1 heterocycles. The molecule has 1 aliphatic carbocycles. The van der Waals surface area contributed by atoms with Gasteiger partial charge in [0.05, 0.1) is 6.10 Å². The number of aromatic amines is 1. The lowest BCUT2D eigenvalue weighted by molar-refractivity contribution is 0.137. The second kappa shape index (κ2) is 4.88. The monoisotopic (exact) mass is 241 g/mol. The van der Waals surface area contributed by atoms with E-state index in [9.17, 15) is 9.90 Å². The van der Waals surface area contributed by atoms with E-state index in [-0.39, 0.29) is 22.7 Å². The van der Waals surface area contributed by atoms with E-state index < -0.39 is 0 Å². The Labute approximate surface area is 97.5 Å². The van der Waals surface area contributed by atoms with Crippen molar-refractivity contribution in [1.82, 2.24) is 9.97 Å². The van der Waals surface area contributed by atoms with Crippen molar-refractivity contribution < 1.29 is 5.11 Å². The predicted octanol–water partition coefficient (Wildman–Crippen LogP) is 0.748. The van der Waals surface area contributed by atoms with Crippen LogP contribution in [0.3, 0.4) is 0 Å². The largest absolute Gasteiger partial charge is 0.392 e. The van der Waals surface area contributed by atoms with Gasteiger partial charge in [-0.05, 0) is 12.8 Å². The van der Waals surface area contributed by atoms with E-state index in [1.807, 2.05) is 0 Å². The summed E-state index contributed by atoms with van der Waals surface area (Å²) in [6.07, 6.45) is 3.64. The minimum absolute atomic E-state index is 0.110. The third kappa shape index (κ3) is 2.76. The predicted molar refractivity (Wildman–Crippen MR) is 63.4 cm³/mol. The molecule has 1 saturated carbocycles. The van der Waals surface area contributed by atoms with E-state index >= 15 is 0 Å². The summed E-state index contributed by atoms with van der Waals surface area (Å²) < 4.78 is 0. The number of nitrogens with zero attached hydrogens (tertiary/aromatic N) is 1. The molecular formula is C10H15N3O2S. The molecule has 6 heteroatoms. The van der Waals surface area contributed by atoms with Gasteiger partial charge < -0.3 is 15.8 Å². The number of hydrogen-bond acceptors (Lipinski definition) is 5. The zero-order chi connectivity index (χ0) is 11.5. The molecule has 0 radical (unpaired) electrons. The number of anilines is 1. The average molecular weight is 241 g/mol. The summed E-state index contributed by atoms with van der Waals surface area (Å²) in [4.78, 5) is 17.8. The Balaban J connectivity index is 2.10. The Bertz CT molecular complexity index is 421. The molecular weight excluding hydrogens is 226 g/mol. The van der Waals surface area contributed by atoms with E-state index in [4.69, 9.17) is 5.73 Å². The maximum Gasteiger partial charge on any atom is 0.253 e. The SMILES string of the molecule is Nc1cc(=O)[nH]c(S[C@H]2CCCC[C@@H]2O)n1. The lowest BCUT2D eigenvalue weighted by atomic mass is 9.97. The van der Waals surface area contributed by atoms with Crippen molar-refractivity contribution >= 4 is 17.6 Å². The molecule has 1 fully saturated rings. The van der Waals surface area contributed by atoms with Crippen LogP contribution in [0, 0.1) is 0 Å². The summed E-state index contributed by atoms with van der Waals surface area (Å²) in [6.45, 7) is 0. The molecule has 0 spiro atoms. The van der Waals surface area contributed by atoms with Gasteiger partial charge in [-0.2, -0.15) is 0 Å². The Kier molecular flexibility index (Phi) is 3.50. The molecule has 88 valence electrons. The molecule has 0 saturated heterocycles. The number of H-pyrrole nitrogens is 1. The van der Waals surface area contributed by atoms with Crippen LogP contribution in [0.2, 0.25) is 0 Å². The van der Waals surface area contributed by atoms with Crippen molar-refractivity contribution in [2.45, 2.75) is 42.2 Å². The van der Waals surface area contributed by atoms with Gasteiger partial charge in [-0.1, -0.05) is 24.6 Å². The molecule has 1 aromatic heterocycles. The minimum Gasteiger partial charge on any atom is -0.392 e. The van der Waals surface area contributed by atoms with Gasteiger partial charge in [0.25, 0.3) is 5.56 Å². The normalized spacial score (nSPS) is 25.6. The number of nitrogens with two attached hydrogens (primary N) is 1. The highest BCUT2D eigenvalue weighted by atomic mass is 32.2. The van der Waals surface area contributed by atoms with Crippen LogP contribution < -0.4 is 11.3 Å². The summed E-state index contributed by atoms with van der Waals surface area (Å²) in [7, 11) is 0. The first kappa shape index (κ1) is 11.5. The fourth-order valence-corrected chi connectivity index (χ4v) is 3.05. The molecule has 1 aliphatic rings. The van der Waals surface area contributed by atoms with Gasteiger partial charge in [0.2, 0.25) is 0 Å². The van der Waals surface area contributed by atoms with Crippen LogP contribution in [0.4, 0.5) is 5.82 Å². The summed E-state index contributed by atoms with van der Waals surface area (Å²) in [5, 5.41) is 10.4. The lowest BCUT2D eigenvalue weighted by Crippen LogP contribution is -2.27. The highest BCUT2D eigenvalue weighted by Crippen LogP contribution is 2.31. The topological polar surface area (TPSA) is 92.0 Å². The van der Waals surface area contributed by atoms with Crippen LogP contribution >= 0.6 is 11.8 Å².